The van der Waals surface area contributed by atoms with Crippen LogP contribution in [0.2, 0.25) is 0 Å². The molecule has 1 amide bonds. The molecule has 2 aromatic heterocycles. The summed E-state index contributed by atoms with van der Waals surface area (Å²) in [6.45, 7) is 2.56. The third kappa shape index (κ3) is 4.15. The smallest absolute Gasteiger partial charge is 0.262 e. The number of carbonyl (C=O) groups excluding carboxylic acids is 1. The van der Waals surface area contributed by atoms with Crippen LogP contribution < -0.4 is 10.9 Å². The van der Waals surface area contributed by atoms with Crippen molar-refractivity contribution in [2.45, 2.75) is 31.5 Å². The number of nitrogens with one attached hydrogen (secondary N) is 1. The SMILES string of the molecule is CCCCn1c(=O)c2ccccc2n2c(SCC(=O)Nc3ccc(F)c(F)c3)nnc12. The highest BCUT2D eigenvalue weighted by Gasteiger charge is 2.17. The Morgan fingerprint density at radius 1 is 1.13 bits per heavy atom. The van der Waals surface area contributed by atoms with Crippen molar-refractivity contribution < 1.29 is 13.6 Å². The van der Waals surface area contributed by atoms with E-state index in [0.29, 0.717) is 28.4 Å². The first-order valence-corrected chi connectivity index (χ1v) is 10.7. The van der Waals surface area contributed by atoms with Gasteiger partial charge in [0, 0.05) is 18.3 Å². The second kappa shape index (κ2) is 8.84. The highest BCUT2D eigenvalue weighted by atomic mass is 32.2. The van der Waals surface area contributed by atoms with Gasteiger partial charge in [-0.3, -0.25) is 18.6 Å². The molecule has 0 bridgehead atoms. The Morgan fingerprint density at radius 3 is 2.71 bits per heavy atom. The minimum atomic E-state index is -1.04. The predicted molar refractivity (Wildman–Crippen MR) is 115 cm³/mol. The summed E-state index contributed by atoms with van der Waals surface area (Å²) < 4.78 is 29.8. The number of amides is 1. The lowest BCUT2D eigenvalue weighted by Gasteiger charge is -2.11. The normalized spacial score (nSPS) is 11.3. The van der Waals surface area contributed by atoms with Crippen LogP contribution in [0.3, 0.4) is 0 Å². The van der Waals surface area contributed by atoms with Crippen LogP contribution in [0.5, 0.6) is 0 Å². The van der Waals surface area contributed by atoms with Crippen LogP contribution in [-0.4, -0.2) is 30.8 Å². The van der Waals surface area contributed by atoms with E-state index in [1.807, 2.05) is 19.1 Å². The molecule has 160 valence electrons. The highest BCUT2D eigenvalue weighted by molar-refractivity contribution is 7.99. The van der Waals surface area contributed by atoms with Crippen molar-refractivity contribution in [2.75, 3.05) is 11.1 Å². The second-order valence-corrected chi connectivity index (χ2v) is 7.85. The minimum absolute atomic E-state index is 0.0256. The molecule has 4 aromatic rings. The molecule has 31 heavy (non-hydrogen) atoms. The predicted octanol–water partition coefficient (Wildman–Crippen LogP) is 3.85. The van der Waals surface area contributed by atoms with Crippen molar-refractivity contribution in [3.63, 3.8) is 0 Å². The molecule has 0 aliphatic rings. The Bertz CT molecular complexity index is 1330. The summed E-state index contributed by atoms with van der Waals surface area (Å²) in [5.41, 5.74) is 0.690. The van der Waals surface area contributed by atoms with Gasteiger partial charge in [0.05, 0.1) is 16.7 Å². The van der Waals surface area contributed by atoms with E-state index in [0.717, 1.165) is 36.7 Å². The van der Waals surface area contributed by atoms with Crippen molar-refractivity contribution in [2.24, 2.45) is 0 Å². The summed E-state index contributed by atoms with van der Waals surface area (Å²) >= 11 is 1.14. The molecule has 0 aliphatic carbocycles. The van der Waals surface area contributed by atoms with E-state index in [1.54, 1.807) is 21.1 Å². The van der Waals surface area contributed by atoms with Crippen LogP contribution in [0.1, 0.15) is 19.8 Å². The molecule has 0 radical (unpaired) electrons. The number of carbonyl (C=O) groups is 1. The zero-order chi connectivity index (χ0) is 22.0. The Morgan fingerprint density at radius 2 is 1.94 bits per heavy atom. The van der Waals surface area contributed by atoms with Crippen LogP contribution >= 0.6 is 11.8 Å². The van der Waals surface area contributed by atoms with Crippen molar-refractivity contribution in [1.29, 1.82) is 0 Å². The first kappa shape index (κ1) is 21.0. The number of halogens is 2. The molecule has 0 aliphatic heterocycles. The second-order valence-electron chi connectivity index (χ2n) is 6.91. The summed E-state index contributed by atoms with van der Waals surface area (Å²) in [4.78, 5) is 25.2. The van der Waals surface area contributed by atoms with Gasteiger partial charge in [-0.2, -0.15) is 0 Å². The van der Waals surface area contributed by atoms with E-state index in [9.17, 15) is 18.4 Å². The van der Waals surface area contributed by atoms with Gasteiger partial charge in [-0.15, -0.1) is 10.2 Å². The molecular weight excluding hydrogens is 424 g/mol. The lowest BCUT2D eigenvalue weighted by molar-refractivity contribution is -0.113. The zero-order valence-corrected chi connectivity index (χ0v) is 17.5. The number of fused-ring (bicyclic) bond motifs is 3. The van der Waals surface area contributed by atoms with Gasteiger partial charge in [-0.1, -0.05) is 37.2 Å². The van der Waals surface area contributed by atoms with Gasteiger partial charge >= 0.3 is 0 Å². The topological polar surface area (TPSA) is 81.3 Å². The molecule has 0 atom stereocenters. The van der Waals surface area contributed by atoms with Crippen molar-refractivity contribution >= 4 is 40.0 Å². The summed E-state index contributed by atoms with van der Waals surface area (Å²) in [6, 6.07) is 10.3. The quantitative estimate of drug-likeness (QED) is 0.439. The largest absolute Gasteiger partial charge is 0.325 e. The number of rotatable bonds is 7. The van der Waals surface area contributed by atoms with Gasteiger partial charge in [-0.25, -0.2) is 8.78 Å². The van der Waals surface area contributed by atoms with Crippen molar-refractivity contribution in [3.8, 4) is 0 Å². The van der Waals surface area contributed by atoms with Gasteiger partial charge in [0.1, 0.15) is 0 Å². The maximum Gasteiger partial charge on any atom is 0.262 e. The van der Waals surface area contributed by atoms with Gasteiger partial charge in [-0.05, 0) is 30.7 Å². The van der Waals surface area contributed by atoms with Gasteiger partial charge < -0.3 is 5.32 Å². The van der Waals surface area contributed by atoms with Crippen molar-refractivity contribution in [1.82, 2.24) is 19.2 Å². The fourth-order valence-corrected chi connectivity index (χ4v) is 3.99. The molecule has 0 spiro atoms. The highest BCUT2D eigenvalue weighted by Crippen LogP contribution is 2.22. The first-order valence-electron chi connectivity index (χ1n) is 9.74. The zero-order valence-electron chi connectivity index (χ0n) is 16.6. The molecule has 0 saturated carbocycles. The standard InChI is InChI=1S/C21H19F2N5O2S/c1-2-3-10-27-19(30)14-6-4-5-7-17(14)28-20(27)25-26-21(28)31-12-18(29)24-13-8-9-15(22)16(23)11-13/h4-9,11H,2-3,10,12H2,1H3,(H,24,29). The van der Waals surface area contributed by atoms with Crippen molar-refractivity contribution in [3.05, 3.63) is 64.5 Å². The first-order chi connectivity index (χ1) is 15.0. The van der Waals surface area contributed by atoms with Crippen LogP contribution in [-0.2, 0) is 11.3 Å². The number of hydrogen-bond donors (Lipinski definition) is 1. The average Bonchev–Trinajstić information content (AvgIpc) is 3.19. The molecule has 2 heterocycles. The number of anilines is 1. The monoisotopic (exact) mass is 443 g/mol. The van der Waals surface area contributed by atoms with E-state index < -0.39 is 17.5 Å². The number of aryl methyl sites for hydroxylation is 1. The van der Waals surface area contributed by atoms with E-state index in [1.165, 1.54) is 6.07 Å². The molecule has 0 unspecified atom stereocenters. The molecule has 10 heteroatoms. The minimum Gasteiger partial charge on any atom is -0.325 e. The lowest BCUT2D eigenvalue weighted by atomic mass is 10.2. The van der Waals surface area contributed by atoms with E-state index in [2.05, 4.69) is 15.5 Å². The molecule has 0 saturated heterocycles. The number of hydrogen-bond acceptors (Lipinski definition) is 5. The van der Waals surface area contributed by atoms with E-state index in [4.69, 9.17) is 0 Å². The molecule has 1 N–H and O–H groups in total. The van der Waals surface area contributed by atoms with Gasteiger partial charge in [0.25, 0.3) is 5.56 Å². The summed E-state index contributed by atoms with van der Waals surface area (Å²) in [7, 11) is 0. The van der Waals surface area contributed by atoms with Gasteiger partial charge in [0.15, 0.2) is 16.8 Å². The Hall–Kier alpha value is -3.27. The number of thioether (sulfide) groups is 1. The number of nitrogens with zero attached hydrogens (tertiary/aromatic N) is 4. The third-order valence-electron chi connectivity index (χ3n) is 4.75. The van der Waals surface area contributed by atoms with Crippen LogP contribution in [0.4, 0.5) is 14.5 Å². The average molecular weight is 443 g/mol. The molecular formula is C21H19F2N5O2S. The number of para-hydroxylation sites is 1. The fraction of sp³-hybridized carbons (Fsp3) is 0.238. The molecule has 0 fully saturated rings. The Labute approximate surface area is 180 Å². The molecule has 4 rings (SSSR count). The maximum absolute atomic E-state index is 13.3. The molecule has 2 aromatic carbocycles. The number of aromatic nitrogens is 4. The Balaban J connectivity index is 1.63. The summed E-state index contributed by atoms with van der Waals surface area (Å²) in [5, 5.41) is 11.9. The van der Waals surface area contributed by atoms with Crippen LogP contribution in [0.15, 0.2) is 52.4 Å². The lowest BCUT2D eigenvalue weighted by Crippen LogP contribution is -2.23. The summed E-state index contributed by atoms with van der Waals surface area (Å²) in [5.74, 6) is -2.03. The van der Waals surface area contributed by atoms with E-state index >= 15 is 0 Å². The number of unbranched alkanes of at least 4 members (excludes halogenated alkanes) is 1. The summed E-state index contributed by atoms with van der Waals surface area (Å²) in [6.07, 6.45) is 1.74. The molecule has 7 nitrogen and oxygen atoms in total. The van der Waals surface area contributed by atoms with E-state index in [-0.39, 0.29) is 17.0 Å². The fourth-order valence-electron chi connectivity index (χ4n) is 3.25. The van der Waals surface area contributed by atoms with Crippen LogP contribution in [0, 0.1) is 11.6 Å². The number of benzene rings is 2. The van der Waals surface area contributed by atoms with Crippen LogP contribution in [0.25, 0.3) is 16.7 Å². The third-order valence-corrected chi connectivity index (χ3v) is 5.68. The van der Waals surface area contributed by atoms with Gasteiger partial charge in [0.2, 0.25) is 11.7 Å². The Kier molecular flexibility index (Phi) is 5.99. The maximum atomic E-state index is 13.3.